The van der Waals surface area contributed by atoms with Crippen LogP contribution in [0.25, 0.3) is 0 Å². The number of hydrogen-bond donors (Lipinski definition) is 2. The second-order valence-corrected chi connectivity index (χ2v) is 8.22. The van der Waals surface area contributed by atoms with E-state index in [0.717, 1.165) is 12.6 Å². The van der Waals surface area contributed by atoms with Gasteiger partial charge >= 0.3 is 0 Å². The zero-order valence-corrected chi connectivity index (χ0v) is 20.4. The predicted octanol–water partition coefficient (Wildman–Crippen LogP) is 6.50. The molecule has 0 aliphatic carbocycles. The lowest BCUT2D eigenvalue weighted by Gasteiger charge is -1.93. The topological polar surface area (TPSA) is 90.7 Å². The molecule has 0 aliphatic rings. The van der Waals surface area contributed by atoms with Crippen molar-refractivity contribution in [1.29, 1.82) is 0 Å². The van der Waals surface area contributed by atoms with Gasteiger partial charge in [0.1, 0.15) is 30.8 Å². The van der Waals surface area contributed by atoms with Crippen LogP contribution in [0, 0.1) is 3.70 Å². The molecule has 26 heavy (non-hydrogen) atoms. The molecule has 0 atom stereocenters. The Morgan fingerprint density at radius 2 is 1.27 bits per heavy atom. The molecule has 138 valence electrons. The van der Waals surface area contributed by atoms with Gasteiger partial charge in [0.2, 0.25) is 0 Å². The third-order valence-corrected chi connectivity index (χ3v) is 5.45. The van der Waals surface area contributed by atoms with Crippen LogP contribution in [0.1, 0.15) is 0 Å². The maximum Gasteiger partial charge on any atom is 0.145 e. The summed E-state index contributed by atoms with van der Waals surface area (Å²) in [7, 11) is 0. The maximum atomic E-state index is 5.65. The molecule has 0 fully saturated rings. The van der Waals surface area contributed by atoms with Gasteiger partial charge in [-0.15, -0.1) is 0 Å². The monoisotopic (exact) mass is 651 g/mol. The van der Waals surface area contributed by atoms with Gasteiger partial charge in [0.15, 0.2) is 0 Å². The van der Waals surface area contributed by atoms with Crippen LogP contribution in [0.4, 0.5) is 11.6 Å². The van der Waals surface area contributed by atoms with Crippen LogP contribution in [0.5, 0.6) is 0 Å². The number of nitrogens with two attached hydrogens (primary N) is 2. The summed E-state index contributed by atoms with van der Waals surface area (Å²) in [6.07, 6.45) is 0. The molecule has 3 aromatic rings. The number of aromatic nitrogens is 3. The summed E-state index contributed by atoms with van der Waals surface area (Å²) < 4.78 is 2.50. The highest BCUT2D eigenvalue weighted by atomic mass is 127. The Hall–Kier alpha value is -0.390. The van der Waals surface area contributed by atoms with Crippen LogP contribution < -0.4 is 11.5 Å². The van der Waals surface area contributed by atoms with E-state index >= 15 is 0 Å². The van der Waals surface area contributed by atoms with Gasteiger partial charge in [-0.25, -0.2) is 15.0 Å². The highest BCUT2D eigenvalue weighted by Gasteiger charge is 1.96. The van der Waals surface area contributed by atoms with E-state index in [0.29, 0.717) is 27.1 Å². The van der Waals surface area contributed by atoms with Gasteiger partial charge in [0.05, 0.1) is 8.95 Å². The van der Waals surface area contributed by atoms with Crippen molar-refractivity contribution in [2.45, 2.75) is 0 Å². The summed E-state index contributed by atoms with van der Waals surface area (Å²) in [5.74, 6) is 0.890. The molecule has 3 heterocycles. The fourth-order valence-corrected chi connectivity index (χ4v) is 2.74. The Balaban J connectivity index is 0.000000195. The van der Waals surface area contributed by atoms with E-state index in [9.17, 15) is 0 Å². The van der Waals surface area contributed by atoms with Gasteiger partial charge in [-0.1, -0.05) is 40.9 Å². The van der Waals surface area contributed by atoms with E-state index < -0.39 is 0 Å². The SMILES string of the molecule is Clc1nc(I)ccc1Br.Nc1ccc(Br)c(Cl)n1.Nc1cccc(Cl)n1. The molecule has 11 heteroatoms. The summed E-state index contributed by atoms with van der Waals surface area (Å²) in [5, 5.41) is 1.35. The molecule has 4 N–H and O–H groups in total. The summed E-state index contributed by atoms with van der Waals surface area (Å²) in [4.78, 5) is 11.5. The highest BCUT2D eigenvalue weighted by molar-refractivity contribution is 14.1. The van der Waals surface area contributed by atoms with Crippen molar-refractivity contribution in [3.05, 3.63) is 70.6 Å². The first-order valence-electron chi connectivity index (χ1n) is 6.62. The molecule has 0 amide bonds. The third-order valence-electron chi connectivity index (χ3n) is 2.33. The minimum atomic E-state index is 0.398. The van der Waals surface area contributed by atoms with E-state index in [1.54, 1.807) is 30.3 Å². The normalized spacial score (nSPS) is 9.46. The van der Waals surface area contributed by atoms with E-state index in [2.05, 4.69) is 69.4 Å². The number of hydrogen-bond acceptors (Lipinski definition) is 5. The number of pyridine rings is 3. The summed E-state index contributed by atoms with van der Waals surface area (Å²) in [5.41, 5.74) is 10.6. The summed E-state index contributed by atoms with van der Waals surface area (Å²) in [6, 6.07) is 12.3. The van der Waals surface area contributed by atoms with Gasteiger partial charge in [0.25, 0.3) is 0 Å². The van der Waals surface area contributed by atoms with Gasteiger partial charge < -0.3 is 11.5 Å². The molecule has 0 unspecified atom stereocenters. The molecule has 3 aromatic heterocycles. The lowest BCUT2D eigenvalue weighted by atomic mass is 10.5. The predicted molar refractivity (Wildman–Crippen MR) is 125 cm³/mol. The molecular formula is C15H11Br2Cl3IN5. The van der Waals surface area contributed by atoms with Crippen LogP contribution in [-0.4, -0.2) is 15.0 Å². The lowest BCUT2D eigenvalue weighted by Crippen LogP contribution is -1.88. The Morgan fingerprint density at radius 1 is 0.731 bits per heavy atom. The zero-order valence-electron chi connectivity index (χ0n) is 12.8. The minimum absolute atomic E-state index is 0.398. The van der Waals surface area contributed by atoms with Gasteiger partial charge in [-0.2, -0.15) is 0 Å². The fraction of sp³-hybridized carbons (Fsp3) is 0. The molecule has 0 bridgehead atoms. The zero-order chi connectivity index (χ0) is 19.7. The molecule has 0 radical (unpaired) electrons. The number of nitrogens with zero attached hydrogens (tertiary/aromatic N) is 3. The van der Waals surface area contributed by atoms with Crippen molar-refractivity contribution < 1.29 is 0 Å². The maximum absolute atomic E-state index is 5.65. The average molecular weight is 654 g/mol. The largest absolute Gasteiger partial charge is 0.384 e. The molecule has 0 saturated carbocycles. The van der Waals surface area contributed by atoms with Crippen LogP contribution in [0.2, 0.25) is 15.5 Å². The van der Waals surface area contributed by atoms with Gasteiger partial charge in [0, 0.05) is 0 Å². The van der Waals surface area contributed by atoms with E-state index in [-0.39, 0.29) is 0 Å². The Labute approximate surface area is 196 Å². The number of nitrogen functional groups attached to an aromatic ring is 2. The lowest BCUT2D eigenvalue weighted by molar-refractivity contribution is 1.26. The molecule has 0 aliphatic heterocycles. The Bertz CT molecular complexity index is 804. The molecule has 0 aromatic carbocycles. The van der Waals surface area contributed by atoms with Crippen molar-refractivity contribution in [2.75, 3.05) is 11.5 Å². The van der Waals surface area contributed by atoms with Crippen molar-refractivity contribution in [3.63, 3.8) is 0 Å². The fourth-order valence-electron chi connectivity index (χ4n) is 1.25. The number of halogens is 6. The molecule has 0 spiro atoms. The highest BCUT2D eigenvalue weighted by Crippen LogP contribution is 2.20. The Kier molecular flexibility index (Phi) is 11.0. The van der Waals surface area contributed by atoms with E-state index in [1.807, 2.05) is 12.1 Å². The first kappa shape index (κ1) is 23.6. The molecular weight excluding hydrogens is 643 g/mol. The van der Waals surface area contributed by atoms with Crippen LogP contribution >= 0.6 is 89.3 Å². The second-order valence-electron chi connectivity index (χ2n) is 4.30. The molecule has 3 rings (SSSR count). The molecule has 5 nitrogen and oxygen atoms in total. The van der Waals surface area contributed by atoms with Gasteiger partial charge in [-0.3, -0.25) is 0 Å². The van der Waals surface area contributed by atoms with Gasteiger partial charge in [-0.05, 0) is 90.8 Å². The second kappa shape index (κ2) is 12.1. The van der Waals surface area contributed by atoms with Crippen molar-refractivity contribution in [3.8, 4) is 0 Å². The summed E-state index contributed by atoms with van der Waals surface area (Å²) in [6.45, 7) is 0. The summed E-state index contributed by atoms with van der Waals surface area (Å²) >= 11 is 25.2. The van der Waals surface area contributed by atoms with Crippen molar-refractivity contribution in [2.24, 2.45) is 0 Å². The standard InChI is InChI=1S/C5H2BrClIN.C5H4BrClN2.C5H5ClN2/c2*6-3-1-2-4(8)9-5(3)7;6-4-2-1-3-5(7)8-4/h1-2H;1-2H,(H2,8,9);1-3H,(H2,7,8). The minimum Gasteiger partial charge on any atom is -0.384 e. The first-order valence-corrected chi connectivity index (χ1v) is 10.4. The van der Waals surface area contributed by atoms with Crippen LogP contribution in [0.3, 0.4) is 0 Å². The van der Waals surface area contributed by atoms with Crippen LogP contribution in [-0.2, 0) is 0 Å². The van der Waals surface area contributed by atoms with E-state index in [4.69, 9.17) is 46.3 Å². The number of rotatable bonds is 0. The van der Waals surface area contributed by atoms with E-state index in [1.165, 1.54) is 0 Å². The quantitative estimate of drug-likeness (QED) is 0.214. The van der Waals surface area contributed by atoms with Crippen molar-refractivity contribution in [1.82, 2.24) is 15.0 Å². The third kappa shape index (κ3) is 9.52. The van der Waals surface area contributed by atoms with Crippen molar-refractivity contribution >= 4 is 101 Å². The number of anilines is 2. The average Bonchev–Trinajstić information content (AvgIpc) is 2.56. The van der Waals surface area contributed by atoms with Crippen LogP contribution in [0.15, 0.2) is 51.4 Å². The Morgan fingerprint density at radius 3 is 1.65 bits per heavy atom. The smallest absolute Gasteiger partial charge is 0.145 e. The molecule has 0 saturated heterocycles. The first-order chi connectivity index (χ1) is 12.2.